The van der Waals surface area contributed by atoms with Crippen molar-refractivity contribution >= 4 is 31.9 Å². The van der Waals surface area contributed by atoms with Gasteiger partial charge in [-0.1, -0.05) is 6.92 Å². The number of halogens is 2. The number of nitrogens with one attached hydrogen (secondary N) is 1. The molecule has 1 unspecified atom stereocenters. The number of rotatable bonds is 5. The molecule has 0 heterocycles. The van der Waals surface area contributed by atoms with Crippen molar-refractivity contribution in [2.75, 3.05) is 7.05 Å². The molecule has 1 aromatic rings. The highest BCUT2D eigenvalue weighted by Gasteiger charge is 2.11. The average molecular weight is 351 g/mol. The molecular formula is C12H17Br2NO. The first kappa shape index (κ1) is 14.0. The summed E-state index contributed by atoms with van der Waals surface area (Å²) < 4.78 is 7.83. The average Bonchev–Trinajstić information content (AvgIpc) is 2.23. The Morgan fingerprint density at radius 2 is 1.88 bits per heavy atom. The molecule has 0 saturated heterocycles. The van der Waals surface area contributed by atoms with E-state index in [1.807, 2.05) is 7.05 Å². The van der Waals surface area contributed by atoms with Gasteiger partial charge in [-0.15, -0.1) is 0 Å². The van der Waals surface area contributed by atoms with Crippen LogP contribution in [-0.4, -0.2) is 13.2 Å². The third-order valence-electron chi connectivity index (χ3n) is 2.33. The van der Waals surface area contributed by atoms with E-state index in [0.717, 1.165) is 27.7 Å². The van der Waals surface area contributed by atoms with Crippen LogP contribution >= 0.6 is 31.9 Å². The Balaban J connectivity index is 2.93. The van der Waals surface area contributed by atoms with E-state index in [9.17, 15) is 0 Å². The smallest absolute Gasteiger partial charge is 0.148 e. The summed E-state index contributed by atoms with van der Waals surface area (Å²) in [5, 5.41) is 3.13. The standard InChI is InChI=1S/C12H17Br2NO/c1-4-8(2)16-12-10(13)5-9(7-15-3)6-11(12)14/h5-6,8,15H,4,7H2,1-3H3. The van der Waals surface area contributed by atoms with Crippen LogP contribution in [0.15, 0.2) is 21.1 Å². The fourth-order valence-electron chi connectivity index (χ4n) is 1.32. The Bertz CT molecular complexity index is 332. The van der Waals surface area contributed by atoms with Crippen molar-refractivity contribution in [1.82, 2.24) is 5.32 Å². The Hall–Kier alpha value is -0.0600. The van der Waals surface area contributed by atoms with Gasteiger partial charge in [-0.2, -0.15) is 0 Å². The van der Waals surface area contributed by atoms with E-state index in [-0.39, 0.29) is 6.10 Å². The molecule has 0 aromatic heterocycles. The van der Waals surface area contributed by atoms with Crippen LogP contribution in [0.25, 0.3) is 0 Å². The lowest BCUT2D eigenvalue weighted by molar-refractivity contribution is 0.214. The zero-order valence-corrected chi connectivity index (χ0v) is 13.0. The molecule has 0 bridgehead atoms. The van der Waals surface area contributed by atoms with Gasteiger partial charge in [0.25, 0.3) is 0 Å². The van der Waals surface area contributed by atoms with Gasteiger partial charge >= 0.3 is 0 Å². The summed E-state index contributed by atoms with van der Waals surface area (Å²) in [7, 11) is 1.94. The van der Waals surface area contributed by atoms with Crippen LogP contribution in [0.3, 0.4) is 0 Å². The molecule has 0 saturated carbocycles. The first-order valence-electron chi connectivity index (χ1n) is 5.37. The maximum absolute atomic E-state index is 5.84. The van der Waals surface area contributed by atoms with Gasteiger partial charge in [-0.25, -0.2) is 0 Å². The number of hydrogen-bond acceptors (Lipinski definition) is 2. The van der Waals surface area contributed by atoms with Crippen molar-refractivity contribution in [3.8, 4) is 5.75 Å². The van der Waals surface area contributed by atoms with Crippen LogP contribution in [0.5, 0.6) is 5.75 Å². The Morgan fingerprint density at radius 1 is 1.31 bits per heavy atom. The topological polar surface area (TPSA) is 21.3 Å². The summed E-state index contributed by atoms with van der Waals surface area (Å²) in [6, 6.07) is 4.16. The predicted molar refractivity (Wildman–Crippen MR) is 75.0 cm³/mol. The Morgan fingerprint density at radius 3 is 2.31 bits per heavy atom. The highest BCUT2D eigenvalue weighted by molar-refractivity contribution is 9.11. The lowest BCUT2D eigenvalue weighted by Crippen LogP contribution is -2.11. The second kappa shape index (κ2) is 6.62. The summed E-state index contributed by atoms with van der Waals surface area (Å²) >= 11 is 7.09. The Labute approximate surface area is 114 Å². The first-order valence-corrected chi connectivity index (χ1v) is 6.96. The first-order chi connectivity index (χ1) is 7.58. The minimum absolute atomic E-state index is 0.225. The van der Waals surface area contributed by atoms with Crippen molar-refractivity contribution in [2.45, 2.75) is 32.9 Å². The van der Waals surface area contributed by atoms with Crippen molar-refractivity contribution in [3.05, 3.63) is 26.6 Å². The van der Waals surface area contributed by atoms with Crippen LogP contribution in [0.1, 0.15) is 25.8 Å². The molecule has 90 valence electrons. The maximum atomic E-state index is 5.84. The van der Waals surface area contributed by atoms with E-state index in [4.69, 9.17) is 4.74 Å². The minimum Gasteiger partial charge on any atom is -0.488 e. The van der Waals surface area contributed by atoms with E-state index >= 15 is 0 Å². The van der Waals surface area contributed by atoms with Crippen molar-refractivity contribution in [2.24, 2.45) is 0 Å². The summed E-state index contributed by atoms with van der Waals surface area (Å²) in [6.07, 6.45) is 1.22. The number of ether oxygens (including phenoxy) is 1. The third kappa shape index (κ3) is 3.75. The molecule has 0 spiro atoms. The molecule has 0 aliphatic carbocycles. The fourth-order valence-corrected chi connectivity index (χ4v) is 2.78. The zero-order chi connectivity index (χ0) is 12.1. The molecule has 0 amide bonds. The molecule has 16 heavy (non-hydrogen) atoms. The van der Waals surface area contributed by atoms with Gasteiger partial charge < -0.3 is 10.1 Å². The largest absolute Gasteiger partial charge is 0.488 e. The van der Waals surface area contributed by atoms with Crippen LogP contribution in [0, 0.1) is 0 Å². The van der Waals surface area contributed by atoms with E-state index < -0.39 is 0 Å². The van der Waals surface area contributed by atoms with Crippen LogP contribution < -0.4 is 10.1 Å². The van der Waals surface area contributed by atoms with Gasteiger partial charge in [0, 0.05) is 6.54 Å². The second-order valence-electron chi connectivity index (χ2n) is 3.76. The molecular weight excluding hydrogens is 334 g/mol. The minimum atomic E-state index is 0.225. The summed E-state index contributed by atoms with van der Waals surface area (Å²) in [6.45, 7) is 5.03. The predicted octanol–water partition coefficient (Wildman–Crippen LogP) is 4.11. The molecule has 1 rings (SSSR count). The summed E-state index contributed by atoms with van der Waals surface area (Å²) in [5.74, 6) is 0.884. The fraction of sp³-hybridized carbons (Fsp3) is 0.500. The Kier molecular flexibility index (Phi) is 5.79. The highest BCUT2D eigenvalue weighted by atomic mass is 79.9. The van der Waals surface area contributed by atoms with E-state index in [0.29, 0.717) is 0 Å². The molecule has 4 heteroatoms. The lowest BCUT2D eigenvalue weighted by Gasteiger charge is -2.16. The van der Waals surface area contributed by atoms with E-state index in [2.05, 4.69) is 63.2 Å². The third-order valence-corrected chi connectivity index (χ3v) is 3.51. The monoisotopic (exact) mass is 349 g/mol. The molecule has 0 fully saturated rings. The summed E-state index contributed by atoms with van der Waals surface area (Å²) in [4.78, 5) is 0. The van der Waals surface area contributed by atoms with Gasteiger partial charge in [0.05, 0.1) is 15.0 Å². The normalized spacial score (nSPS) is 12.6. The lowest BCUT2D eigenvalue weighted by atomic mass is 10.2. The van der Waals surface area contributed by atoms with Gasteiger partial charge in [-0.3, -0.25) is 0 Å². The molecule has 0 aliphatic heterocycles. The zero-order valence-electron chi connectivity index (χ0n) is 9.81. The number of hydrogen-bond donors (Lipinski definition) is 1. The summed E-state index contributed by atoms with van der Waals surface area (Å²) in [5.41, 5.74) is 1.22. The van der Waals surface area contributed by atoms with Gasteiger partial charge in [0.15, 0.2) is 0 Å². The van der Waals surface area contributed by atoms with Gasteiger partial charge in [0.1, 0.15) is 5.75 Å². The van der Waals surface area contributed by atoms with E-state index in [1.165, 1.54) is 5.56 Å². The number of benzene rings is 1. The van der Waals surface area contributed by atoms with Gasteiger partial charge in [-0.05, 0) is 69.9 Å². The quantitative estimate of drug-likeness (QED) is 0.862. The van der Waals surface area contributed by atoms with Crippen molar-refractivity contribution < 1.29 is 4.74 Å². The van der Waals surface area contributed by atoms with Crippen molar-refractivity contribution in [1.29, 1.82) is 0 Å². The molecule has 2 nitrogen and oxygen atoms in total. The molecule has 1 aromatic carbocycles. The van der Waals surface area contributed by atoms with E-state index in [1.54, 1.807) is 0 Å². The molecule has 1 N–H and O–H groups in total. The van der Waals surface area contributed by atoms with Crippen LogP contribution in [-0.2, 0) is 6.54 Å². The van der Waals surface area contributed by atoms with Crippen molar-refractivity contribution in [3.63, 3.8) is 0 Å². The molecule has 1 atom stereocenters. The SMILES string of the molecule is CCC(C)Oc1c(Br)cc(CNC)cc1Br. The highest BCUT2D eigenvalue weighted by Crippen LogP contribution is 2.35. The van der Waals surface area contributed by atoms with Crippen LogP contribution in [0.4, 0.5) is 0 Å². The van der Waals surface area contributed by atoms with Gasteiger partial charge in [0.2, 0.25) is 0 Å². The maximum Gasteiger partial charge on any atom is 0.148 e. The molecule has 0 radical (unpaired) electrons. The molecule has 0 aliphatic rings. The second-order valence-corrected chi connectivity index (χ2v) is 5.46. The van der Waals surface area contributed by atoms with Crippen LogP contribution in [0.2, 0.25) is 0 Å².